The second kappa shape index (κ2) is 21.2. The molecule has 1 saturated carbocycles. The van der Waals surface area contributed by atoms with Gasteiger partial charge < -0.3 is 20.4 Å². The Balaban J connectivity index is 0.00000324. The summed E-state index contributed by atoms with van der Waals surface area (Å²) in [6, 6.07) is 8.81. The van der Waals surface area contributed by atoms with Crippen molar-refractivity contribution < 1.29 is 46.8 Å². The van der Waals surface area contributed by atoms with E-state index in [2.05, 4.69) is 107 Å². The molecule has 0 bridgehead atoms. The van der Waals surface area contributed by atoms with Gasteiger partial charge in [0.05, 0.1) is 12.1 Å². The van der Waals surface area contributed by atoms with Crippen LogP contribution in [0.25, 0.3) is 0 Å². The first-order valence-electron chi connectivity index (χ1n) is 19.2. The van der Waals surface area contributed by atoms with Gasteiger partial charge >= 0.3 is 11.9 Å². The van der Waals surface area contributed by atoms with E-state index >= 15 is 0 Å². The summed E-state index contributed by atoms with van der Waals surface area (Å²) in [7, 11) is 0. The van der Waals surface area contributed by atoms with E-state index in [1.807, 2.05) is 12.4 Å². The minimum Gasteiger partial charge on any atom is -0.507 e. The fourth-order valence-electron chi connectivity index (χ4n) is 6.77. The summed E-state index contributed by atoms with van der Waals surface area (Å²) in [5.41, 5.74) is 5.72. The van der Waals surface area contributed by atoms with Gasteiger partial charge in [-0.2, -0.15) is 0 Å². The molecule has 0 saturated heterocycles. The molecule has 2 atom stereocenters. The average Bonchev–Trinajstić information content (AvgIpc) is 3.04. The van der Waals surface area contributed by atoms with Gasteiger partial charge in [-0.25, -0.2) is 9.59 Å². The van der Waals surface area contributed by atoms with Crippen molar-refractivity contribution in [3.8, 4) is 11.5 Å². The minimum atomic E-state index is -1.82. The largest absolute Gasteiger partial charge is 0.507 e. The molecule has 0 aliphatic heterocycles. The van der Waals surface area contributed by atoms with E-state index in [9.17, 15) is 10.2 Å². The maximum absolute atomic E-state index is 11.6. The van der Waals surface area contributed by atoms with Gasteiger partial charge in [0, 0.05) is 51.5 Å². The predicted molar refractivity (Wildman–Crippen MR) is 222 cm³/mol. The summed E-state index contributed by atoms with van der Waals surface area (Å²) >= 11 is 0. The molecule has 2 unspecified atom stereocenters. The van der Waals surface area contributed by atoms with Crippen LogP contribution in [-0.2, 0) is 48.0 Å². The summed E-state index contributed by atoms with van der Waals surface area (Å²) in [5.74, 6) is -2.97. The van der Waals surface area contributed by atoms with Crippen LogP contribution in [0.3, 0.4) is 0 Å². The number of nitrogens with zero attached hydrogens (tertiary/aromatic N) is 2. The molecule has 1 fully saturated rings. The molecule has 2 aromatic rings. The summed E-state index contributed by atoms with van der Waals surface area (Å²) in [4.78, 5) is 28.4. The molecule has 1 aliphatic carbocycles. The Labute approximate surface area is 337 Å². The van der Waals surface area contributed by atoms with Crippen LogP contribution in [0.15, 0.2) is 34.3 Å². The molecule has 3 rings (SSSR count). The van der Waals surface area contributed by atoms with Crippen LogP contribution in [0.4, 0.5) is 0 Å². The number of carbonyl (C=O) groups is 2. The van der Waals surface area contributed by atoms with Gasteiger partial charge in [-0.3, -0.25) is 9.98 Å². The Morgan fingerprint density at radius 3 is 1.31 bits per heavy atom. The van der Waals surface area contributed by atoms with Crippen molar-refractivity contribution in [1.82, 2.24) is 0 Å². The molecule has 0 amide bonds. The van der Waals surface area contributed by atoms with Crippen molar-refractivity contribution in [2.45, 2.75) is 188 Å². The Hall–Kier alpha value is -3.17. The van der Waals surface area contributed by atoms with Gasteiger partial charge in [0.1, 0.15) is 11.5 Å². The minimum absolute atomic E-state index is 0. The van der Waals surface area contributed by atoms with E-state index in [0.717, 1.165) is 60.8 Å². The third-order valence-corrected chi connectivity index (χ3v) is 10.3. The fraction of sp³-hybridized carbons (Fsp3) is 0.644. The van der Waals surface area contributed by atoms with Crippen LogP contribution in [0, 0.1) is 0 Å². The van der Waals surface area contributed by atoms with E-state index in [1.54, 1.807) is 0 Å². The van der Waals surface area contributed by atoms with E-state index < -0.39 is 11.9 Å². The normalized spacial score (nSPS) is 16.7. The predicted octanol–water partition coefficient (Wildman–Crippen LogP) is 11.3. The number of benzene rings is 2. The monoisotopic (exact) mass is 795 g/mol. The van der Waals surface area contributed by atoms with Gasteiger partial charge in [-0.05, 0) is 70.6 Å². The van der Waals surface area contributed by atoms with Crippen LogP contribution in [0.5, 0.6) is 11.5 Å². The Bertz CT molecular complexity index is 1560. The number of phenols is 2. The SMILES string of the molecule is C.CCCCC(C)(CCCC)c1cc(C=NC2CCCCC2N=Cc2cc(C(C)(C)C)cc(C(C)(C)C)c2O)c(O)c(C(C)(C)C)c1.O=C(O)C(=O)O.[Co]. The summed E-state index contributed by atoms with van der Waals surface area (Å²) in [6.07, 6.45) is 15.1. The van der Waals surface area contributed by atoms with Crippen molar-refractivity contribution in [2.24, 2.45) is 9.98 Å². The van der Waals surface area contributed by atoms with Crippen molar-refractivity contribution in [1.29, 1.82) is 0 Å². The molecular formula is C45H72CoN2O6. The first-order chi connectivity index (χ1) is 24.0. The van der Waals surface area contributed by atoms with Crippen molar-refractivity contribution in [3.63, 3.8) is 0 Å². The maximum atomic E-state index is 11.6. The first kappa shape index (κ1) is 50.8. The van der Waals surface area contributed by atoms with Gasteiger partial charge in [0.2, 0.25) is 0 Å². The van der Waals surface area contributed by atoms with Crippen LogP contribution in [-0.4, -0.2) is 56.9 Å². The zero-order chi connectivity index (χ0) is 39.7. The zero-order valence-electron chi connectivity index (χ0n) is 34.5. The molecule has 9 heteroatoms. The second-order valence-corrected chi connectivity index (χ2v) is 18.0. The number of carboxylic acid groups (broad SMARTS) is 2. The number of unbranched alkanes of at least 4 members (excludes halogenated alkanes) is 2. The number of carboxylic acids is 2. The van der Waals surface area contributed by atoms with Crippen LogP contribution in [0.1, 0.15) is 188 Å². The molecule has 0 spiro atoms. The molecular weight excluding hydrogens is 723 g/mol. The summed E-state index contributed by atoms with van der Waals surface area (Å²) in [6.45, 7) is 26.6. The number of aliphatic imine (C=N–C) groups is 2. The van der Waals surface area contributed by atoms with E-state index in [1.165, 1.54) is 36.8 Å². The van der Waals surface area contributed by atoms with E-state index in [0.29, 0.717) is 11.5 Å². The van der Waals surface area contributed by atoms with Gasteiger partial charge in [0.15, 0.2) is 0 Å². The van der Waals surface area contributed by atoms with Crippen LogP contribution in [0.2, 0.25) is 0 Å². The first-order valence-corrected chi connectivity index (χ1v) is 19.2. The quantitative estimate of drug-likeness (QED) is 0.132. The molecule has 0 aromatic heterocycles. The van der Waals surface area contributed by atoms with Crippen LogP contribution < -0.4 is 0 Å². The molecule has 4 N–H and O–H groups in total. The molecule has 8 nitrogen and oxygen atoms in total. The molecule has 1 radical (unpaired) electrons. The summed E-state index contributed by atoms with van der Waals surface area (Å²) < 4.78 is 0. The summed E-state index contributed by atoms with van der Waals surface area (Å²) in [5, 5.41) is 37.7. The number of aliphatic carboxylic acids is 2. The number of aromatic hydroxyl groups is 2. The molecule has 54 heavy (non-hydrogen) atoms. The van der Waals surface area contributed by atoms with E-state index in [-0.39, 0.29) is 57.9 Å². The number of phenolic OH excluding ortho intramolecular Hbond substituents is 2. The topological polar surface area (TPSA) is 140 Å². The Morgan fingerprint density at radius 2 is 1.00 bits per heavy atom. The van der Waals surface area contributed by atoms with Gasteiger partial charge in [-0.15, -0.1) is 0 Å². The maximum Gasteiger partial charge on any atom is 0.414 e. The van der Waals surface area contributed by atoms with Crippen LogP contribution >= 0.6 is 0 Å². The molecule has 1 aliphatic rings. The third kappa shape index (κ3) is 14.5. The number of hydrogen-bond acceptors (Lipinski definition) is 6. The third-order valence-electron chi connectivity index (χ3n) is 10.3. The Morgan fingerprint density at radius 1 is 0.648 bits per heavy atom. The molecule has 307 valence electrons. The average molecular weight is 796 g/mol. The fourth-order valence-corrected chi connectivity index (χ4v) is 6.77. The number of hydrogen-bond donors (Lipinski definition) is 4. The molecule has 2 aromatic carbocycles. The smallest absolute Gasteiger partial charge is 0.414 e. The molecule has 0 heterocycles. The van der Waals surface area contributed by atoms with E-state index in [4.69, 9.17) is 29.8 Å². The van der Waals surface area contributed by atoms with Gasteiger partial charge in [0.25, 0.3) is 0 Å². The zero-order valence-corrected chi connectivity index (χ0v) is 35.6. The second-order valence-electron chi connectivity index (χ2n) is 18.0. The Kier molecular flexibility index (Phi) is 20.0. The van der Waals surface area contributed by atoms with Gasteiger partial charge in [-0.1, -0.05) is 141 Å². The van der Waals surface area contributed by atoms with Crippen molar-refractivity contribution in [2.75, 3.05) is 0 Å². The van der Waals surface area contributed by atoms with Crippen molar-refractivity contribution in [3.05, 3.63) is 57.6 Å². The number of rotatable bonds is 11. The van der Waals surface area contributed by atoms with Crippen molar-refractivity contribution >= 4 is 24.4 Å². The standard InChI is InChI=1S/C42H66N2O2.C2H2O4.CH4.Co/c1-13-15-21-42(12,22-16-14-2)32-24-30(38(46)34(26-32)41(9,10)11)28-44-36-20-18-17-19-35(36)43-27-29-23-31(39(3,4)5)25-33(37(29)45)40(6,7)8;3-1(4)2(5)6;;/h23-28,35-36,45-46H,13-22H2,1-12H3;(H,3,4)(H,5,6);1H4;.